The molecule has 0 radical (unpaired) electrons. The number of aromatic nitrogens is 1. The van der Waals surface area contributed by atoms with E-state index in [9.17, 15) is 71.2 Å². The summed E-state index contributed by atoms with van der Waals surface area (Å²) < 4.78 is 0. The number of carbonyl (C=O) groups is 1. The van der Waals surface area contributed by atoms with Gasteiger partial charge >= 0.3 is 6.02 Å². The molecule has 0 bridgehead atoms. The minimum atomic E-state index is -1.86. The molecule has 1 aromatic heterocycles. The lowest BCUT2D eigenvalue weighted by Gasteiger charge is -2.27. The smallest absolute Gasteiger partial charge is 0.325 e. The molecule has 0 saturated carbocycles. The van der Waals surface area contributed by atoms with Gasteiger partial charge in [0.05, 0.1) is 6.61 Å². The SMILES string of the molecule is CON=C(O)Nc1ccc(CC(N=C(O)C(CO)N=C(O)C(Cc2cccnc2)N=C(O)C(Cc2ccc(Cl)cc2)N=C(O)C(Cc2ccc3ccccc3c2)N=C(C)O)C(O)=NC(Cc2ccc(NC(=N)O)cc2)C(O)=NC(CC(C)C)C(O)=NC(CCCCNC(C)C)C(=O)N2CCCC2C(O)=NC(C)C(=N)O)cc1. The first-order valence-corrected chi connectivity index (χ1v) is 37.0. The summed E-state index contributed by atoms with van der Waals surface area (Å²) in [6, 6.07) is 20.4. The fraction of sp³-hybridized carbons (Fsp3) is 0.418. The van der Waals surface area contributed by atoms with Crippen LogP contribution in [0.3, 0.4) is 0 Å². The average Bonchev–Trinajstić information content (AvgIpc) is 1.69. The number of amides is 1. The zero-order chi connectivity index (χ0) is 81.6. The number of nitrogens with zero attached hydrogens (tertiary/aromatic N) is 12. The van der Waals surface area contributed by atoms with Crippen LogP contribution < -0.4 is 16.0 Å². The van der Waals surface area contributed by atoms with Crippen molar-refractivity contribution in [2.24, 2.45) is 56.0 Å². The third kappa shape index (κ3) is 28.3. The highest BCUT2D eigenvalue weighted by molar-refractivity contribution is 6.30. The minimum Gasteiger partial charge on any atom is -0.497 e. The van der Waals surface area contributed by atoms with E-state index in [0.29, 0.717) is 70.9 Å². The van der Waals surface area contributed by atoms with Gasteiger partial charge in [-0.25, -0.2) is 44.9 Å². The standard InChI is InChI=1S/C79H102ClN17O15/c1-45(2)36-60(69(101)89-59(17-10-11-34-84-46(3)4)77(109)97-35-13-18-67(97)76(108)85-47(5)68(81)100)90-71(103)63(39-50-22-29-57(30-23-50)87-78(82)110)92-73(105)64(40-51-24-31-58(32-25-51)88-79(111)96-112-7)94-75(107)66(44-98)95-74(106)65(42-53-14-12-33-83-43-53)93-72(104)62(38-49-20-27-56(80)28-21-49)91-70(102)61(86-48(6)99)41-52-19-26-54-15-8-9-16-55(54)37-52/h8-9,12,14-16,19-33,37,43,45-47,59-67,84,98H,10-11,13,17-18,34-36,38-42,44H2,1-7H3,(H2,81,100)(H,85,108)(H,86,99)(H,89,101)(H,90,103)(H,91,102)(H,92,105)(H,93,104)(H,94,107)(H,95,106)(H3,82,87,110)(H2,88,96,111). The predicted molar refractivity (Wildman–Crippen MR) is 440 cm³/mol. The van der Waals surface area contributed by atoms with Crippen molar-refractivity contribution in [3.8, 4) is 0 Å². The van der Waals surface area contributed by atoms with Gasteiger partial charge in [-0.3, -0.25) is 20.6 Å². The number of anilines is 2. The highest BCUT2D eigenvalue weighted by Gasteiger charge is 2.38. The lowest BCUT2D eigenvalue weighted by atomic mass is 10.0. The number of likely N-dealkylation sites (tertiary alicyclic amines) is 1. The number of fused-ring (bicyclic) bond motifs is 1. The molecule has 0 spiro atoms. The first-order chi connectivity index (χ1) is 53.4. The molecule has 600 valence electrons. The number of carbonyl (C=O) groups excluding carboxylic acids is 1. The molecule has 10 unspecified atom stereocenters. The number of aliphatic hydroxyl groups excluding tert-OH is 13. The van der Waals surface area contributed by atoms with Crippen molar-refractivity contribution in [3.05, 3.63) is 173 Å². The summed E-state index contributed by atoms with van der Waals surface area (Å²) in [6.07, 6.45) is 4.10. The van der Waals surface area contributed by atoms with Crippen LogP contribution in [0, 0.1) is 16.7 Å². The Kier molecular flexibility index (Phi) is 34.0. The maximum atomic E-state index is 14.7. The molecule has 6 aromatic rings. The Morgan fingerprint density at radius 3 is 1.53 bits per heavy atom. The van der Waals surface area contributed by atoms with Crippen molar-refractivity contribution >= 4 is 111 Å². The summed E-state index contributed by atoms with van der Waals surface area (Å²) in [5.41, 5.74) is 3.23. The van der Waals surface area contributed by atoms with Gasteiger partial charge in [-0.05, 0) is 144 Å². The van der Waals surface area contributed by atoms with Crippen molar-refractivity contribution < 1.29 is 76.0 Å². The van der Waals surface area contributed by atoms with Gasteiger partial charge in [0.15, 0.2) is 11.9 Å². The van der Waals surface area contributed by atoms with Gasteiger partial charge < -0.3 is 92.1 Å². The van der Waals surface area contributed by atoms with Crippen molar-refractivity contribution in [3.63, 3.8) is 0 Å². The van der Waals surface area contributed by atoms with Gasteiger partial charge in [0.2, 0.25) is 59.0 Å². The number of oxime groups is 1. The molecular formula is C79H102ClN17O15. The van der Waals surface area contributed by atoms with Crippen LogP contribution >= 0.6 is 11.6 Å². The zero-order valence-electron chi connectivity index (χ0n) is 63.5. The largest absolute Gasteiger partial charge is 0.497 e. The summed E-state index contributed by atoms with van der Waals surface area (Å²) in [5, 5.41) is 178. The normalized spacial score (nSPS) is 17.2. The van der Waals surface area contributed by atoms with E-state index in [1.165, 1.54) is 62.5 Å². The van der Waals surface area contributed by atoms with E-state index in [1.54, 1.807) is 60.7 Å². The maximum Gasteiger partial charge on any atom is 0.325 e. The summed E-state index contributed by atoms with van der Waals surface area (Å²) in [7, 11) is 1.23. The zero-order valence-corrected chi connectivity index (χ0v) is 64.2. The third-order valence-corrected chi connectivity index (χ3v) is 18.1. The molecule has 1 aliphatic heterocycles. The van der Waals surface area contributed by atoms with Crippen LogP contribution in [0.15, 0.2) is 190 Å². The summed E-state index contributed by atoms with van der Waals surface area (Å²) in [5.74, 6) is -7.91. The third-order valence-electron chi connectivity index (χ3n) is 17.8. The van der Waals surface area contributed by atoms with Gasteiger partial charge in [-0.1, -0.05) is 124 Å². The van der Waals surface area contributed by atoms with Gasteiger partial charge in [0.1, 0.15) is 61.5 Å². The summed E-state index contributed by atoms with van der Waals surface area (Å²) >= 11 is 6.28. The van der Waals surface area contributed by atoms with E-state index in [0.717, 1.165) is 16.3 Å². The van der Waals surface area contributed by atoms with Gasteiger partial charge in [0, 0.05) is 80.4 Å². The molecule has 1 fully saturated rings. The van der Waals surface area contributed by atoms with Crippen LogP contribution in [0.25, 0.3) is 10.8 Å². The van der Waals surface area contributed by atoms with Gasteiger partial charge in [-0.15, -0.1) is 0 Å². The number of hydrogen-bond acceptors (Lipinski definition) is 17. The Bertz CT molecular complexity index is 4400. The number of halogens is 1. The quantitative estimate of drug-likeness (QED) is 0.00733. The number of nitrogens with one attached hydrogen (secondary N) is 5. The Labute approximate surface area is 654 Å². The van der Waals surface area contributed by atoms with E-state index in [1.807, 2.05) is 70.2 Å². The number of rotatable bonds is 41. The van der Waals surface area contributed by atoms with Crippen molar-refractivity contribution in [2.75, 3.05) is 37.4 Å². The van der Waals surface area contributed by atoms with Crippen LogP contribution in [0.4, 0.5) is 11.4 Å². The molecule has 32 nitrogen and oxygen atoms in total. The molecule has 1 aliphatic rings. The molecule has 7 rings (SSSR count). The number of aliphatic imine (C=N–C) groups is 9. The topological polar surface area (TPSA) is 513 Å². The van der Waals surface area contributed by atoms with Crippen LogP contribution in [0.1, 0.15) is 108 Å². The van der Waals surface area contributed by atoms with Crippen molar-refractivity contribution in [1.29, 1.82) is 10.8 Å². The number of hydrogen-bond donors (Lipinski definition) is 18. The first-order valence-electron chi connectivity index (χ1n) is 36.6. The molecular weight excluding hydrogens is 1460 g/mol. The Hall–Kier alpha value is -11.8. The maximum absolute atomic E-state index is 14.7. The molecule has 1 amide bonds. The van der Waals surface area contributed by atoms with Gasteiger partial charge in [0.25, 0.3) is 6.02 Å². The highest BCUT2D eigenvalue weighted by Crippen LogP contribution is 2.26. The number of amidine groups is 2. The lowest BCUT2D eigenvalue weighted by molar-refractivity contribution is -0.132. The van der Waals surface area contributed by atoms with Crippen LogP contribution in [0.2, 0.25) is 5.02 Å². The van der Waals surface area contributed by atoms with Gasteiger partial charge in [-0.2, -0.15) is 0 Å². The number of unbranched alkanes of at least 4 members (excludes halogenated alkanes) is 1. The molecule has 112 heavy (non-hydrogen) atoms. The fourth-order valence-electron chi connectivity index (χ4n) is 12.1. The molecule has 1 saturated heterocycles. The van der Waals surface area contributed by atoms with Crippen molar-refractivity contribution in [1.82, 2.24) is 15.2 Å². The van der Waals surface area contributed by atoms with E-state index < -0.39 is 138 Å². The first kappa shape index (κ1) is 87.5. The molecule has 5 aromatic carbocycles. The Morgan fingerprint density at radius 1 is 0.554 bits per heavy atom. The average molecular weight is 1570 g/mol. The van der Waals surface area contributed by atoms with Crippen LogP contribution in [0.5, 0.6) is 0 Å². The molecule has 18 N–H and O–H groups in total. The second-order valence-electron chi connectivity index (χ2n) is 27.6. The monoisotopic (exact) mass is 1560 g/mol. The highest BCUT2D eigenvalue weighted by atomic mass is 35.5. The molecule has 2 heterocycles. The van der Waals surface area contributed by atoms with E-state index in [2.05, 4.69) is 75.9 Å². The van der Waals surface area contributed by atoms with Crippen LogP contribution in [-0.2, 0) is 41.7 Å². The number of aliphatic hydroxyl groups is 13. The fourth-order valence-corrected chi connectivity index (χ4v) is 12.3. The predicted octanol–water partition coefficient (Wildman–Crippen LogP) is 11.9. The minimum absolute atomic E-state index is 0.0277. The summed E-state index contributed by atoms with van der Waals surface area (Å²) in [6.45, 7) is 10.1. The molecule has 0 aliphatic carbocycles. The summed E-state index contributed by atoms with van der Waals surface area (Å²) in [4.78, 5) is 65.1. The molecule has 33 heteroatoms. The lowest BCUT2D eigenvalue weighted by Crippen LogP contribution is -2.46. The number of benzene rings is 5. The van der Waals surface area contributed by atoms with E-state index in [-0.39, 0.29) is 69.3 Å². The Balaban J connectivity index is 1.34. The second kappa shape index (κ2) is 43.6. The van der Waals surface area contributed by atoms with E-state index in [4.69, 9.17) is 22.4 Å². The van der Waals surface area contributed by atoms with Crippen LogP contribution in [-0.4, -0.2) is 246 Å². The Morgan fingerprint density at radius 2 is 1.03 bits per heavy atom. The molecule has 10 atom stereocenters. The van der Waals surface area contributed by atoms with E-state index >= 15 is 0 Å². The number of pyridine rings is 1. The van der Waals surface area contributed by atoms with Crippen molar-refractivity contribution in [2.45, 2.75) is 179 Å². The second-order valence-corrected chi connectivity index (χ2v) is 28.1.